The minimum absolute atomic E-state index is 0.305. The Kier molecular flexibility index (Phi) is 5.28. The number of rotatable bonds is 6. The van der Waals surface area contributed by atoms with Crippen molar-refractivity contribution >= 4 is 17.7 Å². The summed E-state index contributed by atoms with van der Waals surface area (Å²) >= 11 is 1.46. The van der Waals surface area contributed by atoms with E-state index in [2.05, 4.69) is 10.2 Å². The van der Waals surface area contributed by atoms with Crippen LogP contribution in [-0.2, 0) is 10.5 Å². The summed E-state index contributed by atoms with van der Waals surface area (Å²) in [5, 5.41) is 8.62. The highest BCUT2D eigenvalue weighted by molar-refractivity contribution is 7.98. The van der Waals surface area contributed by atoms with Crippen molar-refractivity contribution in [2.24, 2.45) is 0 Å². The molecule has 0 aliphatic heterocycles. The van der Waals surface area contributed by atoms with Crippen LogP contribution in [0.1, 0.15) is 22.8 Å². The Balaban J connectivity index is 1.60. The van der Waals surface area contributed by atoms with Crippen molar-refractivity contribution in [1.29, 1.82) is 0 Å². The van der Waals surface area contributed by atoms with Gasteiger partial charge in [0.05, 0.1) is 12.2 Å². The fourth-order valence-electron chi connectivity index (χ4n) is 2.06. The molecular formula is C18H16N2O3S. The van der Waals surface area contributed by atoms with E-state index in [0.29, 0.717) is 29.0 Å². The van der Waals surface area contributed by atoms with Gasteiger partial charge in [0, 0.05) is 11.3 Å². The van der Waals surface area contributed by atoms with E-state index in [4.69, 9.17) is 9.15 Å². The monoisotopic (exact) mass is 340 g/mol. The maximum Gasteiger partial charge on any atom is 0.338 e. The van der Waals surface area contributed by atoms with Crippen LogP contribution >= 0.6 is 11.8 Å². The maximum atomic E-state index is 11.6. The second-order valence-corrected chi connectivity index (χ2v) is 5.87. The average molecular weight is 340 g/mol. The fourth-order valence-corrected chi connectivity index (χ4v) is 2.78. The van der Waals surface area contributed by atoms with Crippen LogP contribution in [0.4, 0.5) is 0 Å². The molecule has 0 saturated carbocycles. The quantitative estimate of drug-likeness (QED) is 0.495. The summed E-state index contributed by atoms with van der Waals surface area (Å²) in [4.78, 5) is 11.6. The second kappa shape index (κ2) is 7.79. The number of ether oxygens (including phenoxy) is 1. The van der Waals surface area contributed by atoms with Crippen LogP contribution in [0.2, 0.25) is 0 Å². The molecule has 2 aromatic carbocycles. The van der Waals surface area contributed by atoms with E-state index >= 15 is 0 Å². The molecule has 122 valence electrons. The Bertz CT molecular complexity index is 801. The van der Waals surface area contributed by atoms with E-state index in [9.17, 15) is 4.79 Å². The van der Waals surface area contributed by atoms with Crippen LogP contribution in [0.3, 0.4) is 0 Å². The number of esters is 1. The lowest BCUT2D eigenvalue weighted by Gasteiger charge is -2.03. The lowest BCUT2D eigenvalue weighted by molar-refractivity contribution is 0.0526. The van der Waals surface area contributed by atoms with Crippen molar-refractivity contribution in [2.75, 3.05) is 6.61 Å². The normalized spacial score (nSPS) is 10.5. The lowest BCUT2D eigenvalue weighted by Crippen LogP contribution is -2.04. The first-order valence-electron chi connectivity index (χ1n) is 7.54. The van der Waals surface area contributed by atoms with Crippen LogP contribution in [0.25, 0.3) is 11.5 Å². The first-order chi connectivity index (χ1) is 11.8. The van der Waals surface area contributed by atoms with E-state index in [1.54, 1.807) is 19.1 Å². The van der Waals surface area contributed by atoms with E-state index in [0.717, 1.165) is 11.1 Å². The van der Waals surface area contributed by atoms with Crippen molar-refractivity contribution in [3.63, 3.8) is 0 Å². The van der Waals surface area contributed by atoms with Gasteiger partial charge in [-0.3, -0.25) is 0 Å². The van der Waals surface area contributed by atoms with Gasteiger partial charge in [-0.2, -0.15) is 0 Å². The van der Waals surface area contributed by atoms with Crippen molar-refractivity contribution in [2.45, 2.75) is 17.9 Å². The summed E-state index contributed by atoms with van der Waals surface area (Å²) in [6, 6.07) is 17.0. The predicted octanol–water partition coefficient (Wildman–Crippen LogP) is 4.21. The summed E-state index contributed by atoms with van der Waals surface area (Å²) in [5.74, 6) is 0.886. The van der Waals surface area contributed by atoms with Crippen LogP contribution in [0, 0.1) is 0 Å². The maximum absolute atomic E-state index is 11.6. The molecular weight excluding hydrogens is 324 g/mol. The van der Waals surface area contributed by atoms with Crippen LogP contribution in [0.5, 0.6) is 0 Å². The van der Waals surface area contributed by atoms with Gasteiger partial charge in [0.15, 0.2) is 0 Å². The third-order valence-electron chi connectivity index (χ3n) is 3.25. The van der Waals surface area contributed by atoms with Gasteiger partial charge in [-0.15, -0.1) is 10.2 Å². The Labute approximate surface area is 144 Å². The number of carbonyl (C=O) groups excluding carboxylic acids is 1. The number of thioether (sulfide) groups is 1. The minimum Gasteiger partial charge on any atom is -0.462 e. The summed E-state index contributed by atoms with van der Waals surface area (Å²) in [6.07, 6.45) is 0. The molecule has 6 heteroatoms. The number of benzene rings is 2. The van der Waals surface area contributed by atoms with Crippen LogP contribution in [0.15, 0.2) is 64.2 Å². The van der Waals surface area contributed by atoms with Crippen molar-refractivity contribution in [3.05, 3.63) is 65.7 Å². The summed E-state index contributed by atoms with van der Waals surface area (Å²) in [6.45, 7) is 2.16. The first-order valence-corrected chi connectivity index (χ1v) is 8.52. The molecule has 1 aromatic heterocycles. The highest BCUT2D eigenvalue weighted by Gasteiger charge is 2.10. The van der Waals surface area contributed by atoms with E-state index in [1.807, 2.05) is 42.5 Å². The summed E-state index contributed by atoms with van der Waals surface area (Å²) < 4.78 is 10.6. The van der Waals surface area contributed by atoms with Gasteiger partial charge in [-0.1, -0.05) is 42.1 Å². The molecule has 0 bridgehead atoms. The van der Waals surface area contributed by atoms with Gasteiger partial charge in [-0.25, -0.2) is 4.79 Å². The number of carbonyl (C=O) groups is 1. The molecule has 0 radical (unpaired) electrons. The minimum atomic E-state index is -0.305. The zero-order chi connectivity index (χ0) is 16.8. The molecule has 1 heterocycles. The number of hydrogen-bond acceptors (Lipinski definition) is 6. The molecule has 24 heavy (non-hydrogen) atoms. The van der Waals surface area contributed by atoms with Crippen molar-refractivity contribution in [3.8, 4) is 11.5 Å². The molecule has 0 fully saturated rings. The van der Waals surface area contributed by atoms with E-state index < -0.39 is 0 Å². The average Bonchev–Trinajstić information content (AvgIpc) is 3.10. The van der Waals surface area contributed by atoms with Gasteiger partial charge >= 0.3 is 5.97 Å². The predicted molar refractivity (Wildman–Crippen MR) is 91.7 cm³/mol. The van der Waals surface area contributed by atoms with E-state index in [1.165, 1.54) is 11.8 Å². The molecule has 0 aliphatic rings. The molecule has 0 unspecified atom stereocenters. The molecule has 5 nitrogen and oxygen atoms in total. The standard InChI is InChI=1S/C18H16N2O3S/c1-2-22-17(21)15-10-8-13(9-11-15)12-24-18-20-19-16(23-18)14-6-4-3-5-7-14/h3-11H,2,12H2,1H3. The zero-order valence-corrected chi connectivity index (χ0v) is 14.0. The number of nitrogens with zero attached hydrogens (tertiary/aromatic N) is 2. The van der Waals surface area contributed by atoms with Crippen LogP contribution < -0.4 is 0 Å². The van der Waals surface area contributed by atoms with Gasteiger partial charge in [0.1, 0.15) is 0 Å². The van der Waals surface area contributed by atoms with Crippen molar-refractivity contribution in [1.82, 2.24) is 10.2 Å². The molecule has 0 spiro atoms. The molecule has 0 amide bonds. The smallest absolute Gasteiger partial charge is 0.338 e. The fraction of sp³-hybridized carbons (Fsp3) is 0.167. The highest BCUT2D eigenvalue weighted by atomic mass is 32.2. The first kappa shape index (κ1) is 16.3. The Morgan fingerprint density at radius 1 is 1.08 bits per heavy atom. The van der Waals surface area contributed by atoms with Gasteiger partial charge in [0.2, 0.25) is 5.89 Å². The SMILES string of the molecule is CCOC(=O)c1ccc(CSc2nnc(-c3ccccc3)o2)cc1. The number of aromatic nitrogens is 2. The Morgan fingerprint density at radius 3 is 2.54 bits per heavy atom. The Hall–Kier alpha value is -2.60. The third kappa shape index (κ3) is 4.02. The summed E-state index contributed by atoms with van der Waals surface area (Å²) in [5.41, 5.74) is 2.51. The third-order valence-corrected chi connectivity index (χ3v) is 4.14. The Morgan fingerprint density at radius 2 is 1.83 bits per heavy atom. The summed E-state index contributed by atoms with van der Waals surface area (Å²) in [7, 11) is 0. The topological polar surface area (TPSA) is 65.2 Å². The largest absolute Gasteiger partial charge is 0.462 e. The molecule has 0 atom stereocenters. The number of hydrogen-bond donors (Lipinski definition) is 0. The second-order valence-electron chi connectivity index (χ2n) is 4.95. The van der Waals surface area contributed by atoms with Gasteiger partial charge in [0.25, 0.3) is 5.22 Å². The molecule has 3 rings (SSSR count). The lowest BCUT2D eigenvalue weighted by atomic mass is 10.1. The van der Waals surface area contributed by atoms with Gasteiger partial charge in [-0.05, 0) is 36.8 Å². The van der Waals surface area contributed by atoms with E-state index in [-0.39, 0.29) is 5.97 Å². The molecule has 3 aromatic rings. The highest BCUT2D eigenvalue weighted by Crippen LogP contribution is 2.25. The van der Waals surface area contributed by atoms with Crippen molar-refractivity contribution < 1.29 is 13.9 Å². The van der Waals surface area contributed by atoms with Gasteiger partial charge < -0.3 is 9.15 Å². The van der Waals surface area contributed by atoms with Crippen LogP contribution in [-0.4, -0.2) is 22.8 Å². The zero-order valence-electron chi connectivity index (χ0n) is 13.1. The molecule has 0 N–H and O–H groups in total. The molecule has 0 aliphatic carbocycles. The molecule has 0 saturated heterocycles.